The van der Waals surface area contributed by atoms with Gasteiger partial charge in [-0.05, 0) is 16.9 Å². The summed E-state index contributed by atoms with van der Waals surface area (Å²) < 4.78 is 6.06. The van der Waals surface area contributed by atoms with Gasteiger partial charge in [-0.3, -0.25) is 0 Å². The molecule has 0 spiro atoms. The molecule has 0 bridgehead atoms. The average Bonchev–Trinajstić information content (AvgIpc) is 2.87. The summed E-state index contributed by atoms with van der Waals surface area (Å²) in [6.07, 6.45) is 0. The molecule has 1 heterocycles. The lowest BCUT2D eigenvalue weighted by Crippen LogP contribution is -1.88. The lowest BCUT2D eigenvalue weighted by Gasteiger charge is -2.03. The van der Waals surface area contributed by atoms with Crippen LogP contribution in [0.1, 0.15) is 0 Å². The van der Waals surface area contributed by atoms with Gasteiger partial charge in [-0.2, -0.15) is 0 Å². The third kappa shape index (κ3) is 1.75. The van der Waals surface area contributed by atoms with Crippen LogP contribution in [0.5, 0.6) is 0 Å². The second kappa shape index (κ2) is 4.47. The first kappa shape index (κ1) is 11.7. The van der Waals surface area contributed by atoms with Crippen molar-refractivity contribution in [1.82, 2.24) is 0 Å². The van der Waals surface area contributed by atoms with Crippen LogP contribution < -0.4 is 5.30 Å². The molecule has 4 aromatic rings. The molecule has 0 saturated heterocycles. The van der Waals surface area contributed by atoms with Crippen LogP contribution >= 0.6 is 9.24 Å². The predicted octanol–water partition coefficient (Wildman–Crippen LogP) is 4.75. The number of hydrogen-bond acceptors (Lipinski definition) is 1. The minimum atomic E-state index is 0.942. The van der Waals surface area contributed by atoms with E-state index in [1.54, 1.807) is 0 Å². The van der Waals surface area contributed by atoms with Crippen molar-refractivity contribution in [3.05, 3.63) is 66.7 Å². The maximum Gasteiger partial charge on any atom is 0.143 e. The van der Waals surface area contributed by atoms with Gasteiger partial charge in [0.2, 0.25) is 0 Å². The fraction of sp³-hybridized carbons (Fsp3) is 0. The maximum atomic E-state index is 6.06. The molecule has 4 rings (SSSR count). The lowest BCUT2D eigenvalue weighted by atomic mass is 10.0. The van der Waals surface area contributed by atoms with E-state index in [0.29, 0.717) is 0 Å². The molecule has 1 nitrogen and oxygen atoms in total. The molecule has 1 aromatic heterocycles. The Kier molecular flexibility index (Phi) is 2.61. The van der Waals surface area contributed by atoms with Crippen molar-refractivity contribution in [2.24, 2.45) is 0 Å². The lowest BCUT2D eigenvalue weighted by molar-refractivity contribution is 0.670. The van der Waals surface area contributed by atoms with Crippen LogP contribution in [0.4, 0.5) is 0 Å². The minimum Gasteiger partial charge on any atom is -0.455 e. The first-order chi connectivity index (χ1) is 9.83. The normalized spacial score (nSPS) is 11.2. The first-order valence-corrected chi connectivity index (χ1v) is 7.17. The van der Waals surface area contributed by atoms with Crippen LogP contribution in [0.3, 0.4) is 0 Å². The maximum absolute atomic E-state index is 6.06. The van der Waals surface area contributed by atoms with Crippen LogP contribution in [-0.4, -0.2) is 0 Å². The van der Waals surface area contributed by atoms with E-state index in [1.807, 2.05) is 18.2 Å². The average molecular weight is 276 g/mol. The summed E-state index contributed by atoms with van der Waals surface area (Å²) in [6, 6.07) is 23.0. The standard InChI is InChI=1S/C18H13OP/c20-13-10-8-12(9-11-13)14-5-3-6-16-15-4-1-2-7-17(15)19-18(14)16/h1-11H,20H2. The van der Waals surface area contributed by atoms with E-state index in [9.17, 15) is 0 Å². The van der Waals surface area contributed by atoms with E-state index in [0.717, 1.165) is 16.7 Å². The number of benzene rings is 3. The monoisotopic (exact) mass is 276 g/mol. The summed E-state index contributed by atoms with van der Waals surface area (Å²) in [4.78, 5) is 0. The Hall–Kier alpha value is -2.11. The van der Waals surface area contributed by atoms with E-state index >= 15 is 0 Å². The largest absolute Gasteiger partial charge is 0.455 e. The molecule has 20 heavy (non-hydrogen) atoms. The van der Waals surface area contributed by atoms with Crippen molar-refractivity contribution in [2.75, 3.05) is 0 Å². The van der Waals surface area contributed by atoms with Gasteiger partial charge in [-0.1, -0.05) is 60.7 Å². The minimum absolute atomic E-state index is 0.942. The topological polar surface area (TPSA) is 13.1 Å². The Balaban J connectivity index is 2.07. The summed E-state index contributed by atoms with van der Waals surface area (Å²) in [5.74, 6) is 0. The summed E-state index contributed by atoms with van der Waals surface area (Å²) in [7, 11) is 2.71. The fourth-order valence-corrected chi connectivity index (χ4v) is 2.83. The van der Waals surface area contributed by atoms with Gasteiger partial charge in [0.15, 0.2) is 0 Å². The van der Waals surface area contributed by atoms with E-state index in [-0.39, 0.29) is 0 Å². The van der Waals surface area contributed by atoms with Crippen molar-refractivity contribution in [2.45, 2.75) is 0 Å². The van der Waals surface area contributed by atoms with E-state index in [4.69, 9.17) is 4.42 Å². The van der Waals surface area contributed by atoms with E-state index < -0.39 is 0 Å². The third-order valence-electron chi connectivity index (χ3n) is 3.63. The van der Waals surface area contributed by atoms with Crippen molar-refractivity contribution in [3.8, 4) is 11.1 Å². The molecule has 0 fully saturated rings. The first-order valence-electron chi connectivity index (χ1n) is 6.59. The zero-order valence-corrected chi connectivity index (χ0v) is 12.0. The quantitative estimate of drug-likeness (QED) is 0.457. The number of hydrogen-bond donors (Lipinski definition) is 0. The molecule has 1 atom stereocenters. The van der Waals surface area contributed by atoms with Gasteiger partial charge in [0.1, 0.15) is 11.2 Å². The molecule has 0 aliphatic carbocycles. The number of para-hydroxylation sites is 2. The van der Waals surface area contributed by atoms with Gasteiger partial charge in [0.25, 0.3) is 0 Å². The third-order valence-corrected chi connectivity index (χ3v) is 4.01. The summed E-state index contributed by atoms with van der Waals surface area (Å²) >= 11 is 0. The Morgan fingerprint density at radius 1 is 0.700 bits per heavy atom. The van der Waals surface area contributed by atoms with Crippen LogP contribution in [-0.2, 0) is 0 Å². The Morgan fingerprint density at radius 2 is 1.45 bits per heavy atom. The molecule has 0 saturated carbocycles. The van der Waals surface area contributed by atoms with Crippen molar-refractivity contribution in [3.63, 3.8) is 0 Å². The van der Waals surface area contributed by atoms with Crippen LogP contribution in [0, 0.1) is 0 Å². The van der Waals surface area contributed by atoms with Gasteiger partial charge in [0.05, 0.1) is 0 Å². The summed E-state index contributed by atoms with van der Waals surface area (Å²) in [5.41, 5.74) is 4.23. The summed E-state index contributed by atoms with van der Waals surface area (Å²) in [6.45, 7) is 0. The summed E-state index contributed by atoms with van der Waals surface area (Å²) in [5, 5.41) is 3.53. The fourth-order valence-electron chi connectivity index (χ4n) is 2.64. The highest BCUT2D eigenvalue weighted by atomic mass is 31.0. The van der Waals surface area contributed by atoms with E-state index in [2.05, 4.69) is 57.8 Å². The van der Waals surface area contributed by atoms with Crippen LogP contribution in [0.15, 0.2) is 71.1 Å². The van der Waals surface area contributed by atoms with E-state index in [1.165, 1.54) is 21.6 Å². The Morgan fingerprint density at radius 3 is 2.30 bits per heavy atom. The molecule has 0 amide bonds. The second-order valence-corrected chi connectivity index (χ2v) is 5.57. The number of rotatable bonds is 1. The second-order valence-electron chi connectivity index (χ2n) is 4.90. The highest BCUT2D eigenvalue weighted by molar-refractivity contribution is 7.27. The van der Waals surface area contributed by atoms with Crippen LogP contribution in [0.2, 0.25) is 0 Å². The van der Waals surface area contributed by atoms with Crippen molar-refractivity contribution < 1.29 is 4.42 Å². The van der Waals surface area contributed by atoms with Gasteiger partial charge in [-0.15, -0.1) is 9.24 Å². The molecule has 96 valence electrons. The van der Waals surface area contributed by atoms with Gasteiger partial charge in [-0.25, -0.2) is 0 Å². The Labute approximate surface area is 119 Å². The molecule has 0 aliphatic heterocycles. The molecular formula is C18H13OP. The van der Waals surface area contributed by atoms with Gasteiger partial charge in [0, 0.05) is 16.3 Å². The zero-order valence-electron chi connectivity index (χ0n) is 10.8. The molecule has 0 radical (unpaired) electrons. The smallest absolute Gasteiger partial charge is 0.143 e. The van der Waals surface area contributed by atoms with Crippen LogP contribution in [0.25, 0.3) is 33.1 Å². The molecule has 0 aliphatic rings. The number of furan rings is 1. The molecular weight excluding hydrogens is 263 g/mol. The molecule has 2 heteroatoms. The molecule has 3 aromatic carbocycles. The predicted molar refractivity (Wildman–Crippen MR) is 88.5 cm³/mol. The van der Waals surface area contributed by atoms with Gasteiger partial charge < -0.3 is 4.42 Å². The van der Waals surface area contributed by atoms with Gasteiger partial charge >= 0.3 is 0 Å². The molecule has 1 unspecified atom stereocenters. The zero-order chi connectivity index (χ0) is 13.5. The highest BCUT2D eigenvalue weighted by Crippen LogP contribution is 2.35. The molecule has 0 N–H and O–H groups in total. The highest BCUT2D eigenvalue weighted by Gasteiger charge is 2.11. The van der Waals surface area contributed by atoms with Crippen molar-refractivity contribution in [1.29, 1.82) is 0 Å². The van der Waals surface area contributed by atoms with Crippen molar-refractivity contribution >= 4 is 36.5 Å². The Bertz CT molecular complexity index is 904. The number of fused-ring (bicyclic) bond motifs is 3. The SMILES string of the molecule is Pc1ccc(-c2cccc3c2oc2ccccc23)cc1.